The number of hydrogen-bond donors (Lipinski definition) is 0. The highest BCUT2D eigenvalue weighted by Gasteiger charge is 2.13. The van der Waals surface area contributed by atoms with Gasteiger partial charge >= 0.3 is 0 Å². The van der Waals surface area contributed by atoms with Gasteiger partial charge in [0.05, 0.1) is 6.54 Å². The van der Waals surface area contributed by atoms with Crippen molar-refractivity contribution in [2.75, 3.05) is 11.9 Å². The fourth-order valence-corrected chi connectivity index (χ4v) is 2.13. The number of aromatic nitrogens is 4. The number of nitrogens with zero attached hydrogens (tertiary/aromatic N) is 5. The van der Waals surface area contributed by atoms with Crippen LogP contribution in [0.1, 0.15) is 19.2 Å². The van der Waals surface area contributed by atoms with E-state index < -0.39 is 0 Å². The van der Waals surface area contributed by atoms with Crippen LogP contribution < -0.4 is 4.90 Å². The first-order chi connectivity index (χ1) is 9.78. The van der Waals surface area contributed by atoms with Gasteiger partial charge in [0.15, 0.2) is 11.4 Å². The van der Waals surface area contributed by atoms with Crippen molar-refractivity contribution in [2.45, 2.75) is 26.4 Å². The minimum atomic E-state index is 0.595. The van der Waals surface area contributed by atoms with Crippen molar-refractivity contribution in [1.82, 2.24) is 19.7 Å². The Balaban J connectivity index is 1.81. The van der Waals surface area contributed by atoms with Crippen molar-refractivity contribution < 1.29 is 4.42 Å². The molecule has 0 amide bonds. The van der Waals surface area contributed by atoms with Crippen LogP contribution in [0.5, 0.6) is 0 Å². The second kappa shape index (κ2) is 5.32. The lowest BCUT2D eigenvalue weighted by molar-refractivity contribution is 0.566. The van der Waals surface area contributed by atoms with Crippen LogP contribution in [0.25, 0.3) is 11.1 Å². The first-order valence-electron chi connectivity index (χ1n) is 6.71. The molecule has 6 nitrogen and oxygen atoms in total. The van der Waals surface area contributed by atoms with E-state index in [9.17, 15) is 0 Å². The molecule has 3 aromatic rings. The number of fused-ring (bicyclic) bond motifs is 1. The smallest absolute Gasteiger partial charge is 0.298 e. The fourth-order valence-electron chi connectivity index (χ4n) is 2.13. The summed E-state index contributed by atoms with van der Waals surface area (Å²) >= 11 is 0. The van der Waals surface area contributed by atoms with Crippen LogP contribution in [-0.2, 0) is 13.1 Å². The van der Waals surface area contributed by atoms with Crippen molar-refractivity contribution >= 4 is 17.1 Å². The van der Waals surface area contributed by atoms with Crippen LogP contribution in [0.4, 0.5) is 6.01 Å². The molecule has 0 saturated carbocycles. The summed E-state index contributed by atoms with van der Waals surface area (Å²) in [5.74, 6) is 0.914. The Kier molecular flexibility index (Phi) is 3.37. The second-order valence-corrected chi connectivity index (χ2v) is 4.76. The topological polar surface area (TPSA) is 60.0 Å². The van der Waals surface area contributed by atoms with E-state index in [1.165, 1.54) is 0 Å². The Morgan fingerprint density at radius 2 is 2.15 bits per heavy atom. The maximum atomic E-state index is 5.74. The molecular formula is C14H17N5O. The van der Waals surface area contributed by atoms with E-state index in [1.54, 1.807) is 6.33 Å². The molecule has 0 atom stereocenters. The van der Waals surface area contributed by atoms with Gasteiger partial charge in [-0.25, -0.2) is 0 Å². The third-order valence-corrected chi connectivity index (χ3v) is 3.15. The molecule has 0 spiro atoms. The van der Waals surface area contributed by atoms with Crippen LogP contribution in [0, 0.1) is 0 Å². The summed E-state index contributed by atoms with van der Waals surface area (Å²) in [6.07, 6.45) is 2.82. The van der Waals surface area contributed by atoms with Gasteiger partial charge in [0.2, 0.25) is 0 Å². The normalized spacial score (nSPS) is 11.1. The fraction of sp³-hybridized carbons (Fsp3) is 0.357. The van der Waals surface area contributed by atoms with E-state index in [0.717, 1.165) is 29.9 Å². The summed E-state index contributed by atoms with van der Waals surface area (Å²) in [7, 11) is 1.94. The lowest BCUT2D eigenvalue weighted by Gasteiger charge is -2.14. The van der Waals surface area contributed by atoms with Gasteiger partial charge in [-0.3, -0.25) is 0 Å². The molecule has 2 aromatic heterocycles. The zero-order chi connectivity index (χ0) is 13.9. The Hall–Kier alpha value is -2.37. The summed E-state index contributed by atoms with van der Waals surface area (Å²) in [6.45, 7) is 3.67. The Bertz CT molecular complexity index is 669. The first kappa shape index (κ1) is 12.7. The number of hydrogen-bond acceptors (Lipinski definition) is 5. The molecule has 3 rings (SSSR count). The molecule has 20 heavy (non-hydrogen) atoms. The molecule has 1 aromatic carbocycles. The van der Waals surface area contributed by atoms with Crippen molar-refractivity contribution in [1.29, 1.82) is 0 Å². The summed E-state index contributed by atoms with van der Waals surface area (Å²) in [6, 6.07) is 8.34. The third kappa shape index (κ3) is 2.36. The molecule has 0 aliphatic heterocycles. The van der Waals surface area contributed by atoms with Gasteiger partial charge in [0.1, 0.15) is 11.8 Å². The molecule has 0 bridgehead atoms. The van der Waals surface area contributed by atoms with Crippen molar-refractivity contribution in [2.24, 2.45) is 0 Å². The summed E-state index contributed by atoms with van der Waals surface area (Å²) < 4.78 is 7.79. The quantitative estimate of drug-likeness (QED) is 0.713. The average molecular weight is 271 g/mol. The molecule has 2 heterocycles. The highest BCUT2D eigenvalue weighted by molar-refractivity contribution is 5.74. The molecule has 0 radical (unpaired) electrons. The predicted octanol–water partition coefficient (Wildman–Crippen LogP) is 2.47. The van der Waals surface area contributed by atoms with Gasteiger partial charge < -0.3 is 13.9 Å². The largest absolute Gasteiger partial charge is 0.423 e. The standard InChI is InChI=1S/C14H17N5O/c1-3-8-19-10-15-17-13(19)9-18(2)14-16-11-6-4-5-7-12(11)20-14/h4-7,10H,3,8-9H2,1-2H3. The van der Waals surface area contributed by atoms with Gasteiger partial charge in [-0.2, -0.15) is 4.98 Å². The van der Waals surface area contributed by atoms with E-state index in [0.29, 0.717) is 12.6 Å². The van der Waals surface area contributed by atoms with Crippen molar-refractivity contribution in [3.8, 4) is 0 Å². The summed E-state index contributed by atoms with van der Waals surface area (Å²) in [4.78, 5) is 6.41. The number of benzene rings is 1. The molecule has 104 valence electrons. The van der Waals surface area contributed by atoms with E-state index in [2.05, 4.69) is 26.7 Å². The highest BCUT2D eigenvalue weighted by atomic mass is 16.4. The van der Waals surface area contributed by atoms with Crippen molar-refractivity contribution in [3.05, 3.63) is 36.4 Å². The van der Waals surface area contributed by atoms with Gasteiger partial charge in [-0.05, 0) is 18.6 Å². The SMILES string of the molecule is CCCn1cnnc1CN(C)c1nc2ccccc2o1. The maximum absolute atomic E-state index is 5.74. The minimum absolute atomic E-state index is 0.595. The first-order valence-corrected chi connectivity index (χ1v) is 6.71. The number of para-hydroxylation sites is 2. The van der Waals surface area contributed by atoms with E-state index in [1.807, 2.05) is 36.2 Å². The zero-order valence-electron chi connectivity index (χ0n) is 11.7. The molecule has 0 fully saturated rings. The molecule has 0 unspecified atom stereocenters. The van der Waals surface area contributed by atoms with Gasteiger partial charge in [-0.1, -0.05) is 19.1 Å². The van der Waals surface area contributed by atoms with Crippen LogP contribution in [0.2, 0.25) is 0 Å². The second-order valence-electron chi connectivity index (χ2n) is 4.76. The lowest BCUT2D eigenvalue weighted by Crippen LogP contribution is -2.20. The molecular weight excluding hydrogens is 254 g/mol. The lowest BCUT2D eigenvalue weighted by atomic mass is 10.3. The van der Waals surface area contributed by atoms with E-state index in [-0.39, 0.29) is 0 Å². The summed E-state index contributed by atoms with van der Waals surface area (Å²) in [5.41, 5.74) is 1.66. The predicted molar refractivity (Wildman–Crippen MR) is 76.4 cm³/mol. The minimum Gasteiger partial charge on any atom is -0.423 e. The molecule has 0 aliphatic rings. The number of rotatable bonds is 5. The van der Waals surface area contributed by atoms with E-state index in [4.69, 9.17) is 4.42 Å². The van der Waals surface area contributed by atoms with E-state index >= 15 is 0 Å². The molecule has 6 heteroatoms. The van der Waals surface area contributed by atoms with Crippen LogP contribution in [-0.4, -0.2) is 26.8 Å². The number of anilines is 1. The monoisotopic (exact) mass is 271 g/mol. The van der Waals surface area contributed by atoms with Gasteiger partial charge in [-0.15, -0.1) is 10.2 Å². The van der Waals surface area contributed by atoms with Crippen LogP contribution in [0.15, 0.2) is 35.0 Å². The number of oxazole rings is 1. The third-order valence-electron chi connectivity index (χ3n) is 3.15. The maximum Gasteiger partial charge on any atom is 0.298 e. The van der Waals surface area contributed by atoms with Crippen LogP contribution in [0.3, 0.4) is 0 Å². The van der Waals surface area contributed by atoms with Gasteiger partial charge in [0, 0.05) is 13.6 Å². The number of aryl methyl sites for hydroxylation is 1. The molecule has 0 saturated heterocycles. The Labute approximate surface area is 117 Å². The van der Waals surface area contributed by atoms with Gasteiger partial charge in [0.25, 0.3) is 6.01 Å². The van der Waals surface area contributed by atoms with Crippen LogP contribution >= 0.6 is 0 Å². The highest BCUT2D eigenvalue weighted by Crippen LogP contribution is 2.21. The Morgan fingerprint density at radius 1 is 1.30 bits per heavy atom. The molecule has 0 N–H and O–H groups in total. The summed E-state index contributed by atoms with van der Waals surface area (Å²) in [5, 5.41) is 8.12. The average Bonchev–Trinajstić information content (AvgIpc) is 3.06. The Morgan fingerprint density at radius 3 is 2.95 bits per heavy atom. The molecule has 0 aliphatic carbocycles. The van der Waals surface area contributed by atoms with Crippen molar-refractivity contribution in [3.63, 3.8) is 0 Å². The zero-order valence-corrected chi connectivity index (χ0v) is 11.7.